The smallest absolute Gasteiger partial charge is 0.219 e. The van der Waals surface area contributed by atoms with Gasteiger partial charge in [-0.3, -0.25) is 9.67 Å². The molecule has 0 aliphatic rings. The van der Waals surface area contributed by atoms with Crippen LogP contribution in [0.2, 0.25) is 0 Å². The maximum Gasteiger partial charge on any atom is 0.219 e. The maximum absolute atomic E-state index is 15.2. The van der Waals surface area contributed by atoms with Crippen LogP contribution in [0.1, 0.15) is 5.56 Å². The summed E-state index contributed by atoms with van der Waals surface area (Å²) in [5, 5.41) is 8.47. The molecule has 12 nitrogen and oxygen atoms in total. The molecule has 0 saturated heterocycles. The monoisotopic (exact) mass is 551 g/mol. The Kier molecular flexibility index (Phi) is 7.21. The second-order valence-corrected chi connectivity index (χ2v) is 10.3. The number of pyridine rings is 1. The minimum atomic E-state index is -1.48. The normalized spacial score (nSPS) is 12.8. The van der Waals surface area contributed by atoms with Crippen LogP contribution in [0, 0.1) is 5.82 Å². The summed E-state index contributed by atoms with van der Waals surface area (Å²) < 4.78 is 44.6. The molecule has 5 aromatic rings. The fourth-order valence-electron chi connectivity index (χ4n) is 3.89. The van der Waals surface area contributed by atoms with Crippen molar-refractivity contribution >= 4 is 28.0 Å². The first kappa shape index (κ1) is 26.2. The van der Waals surface area contributed by atoms with Crippen LogP contribution < -0.4 is 15.0 Å². The predicted molar refractivity (Wildman–Crippen MR) is 143 cm³/mol. The molecule has 0 radical (unpaired) electrons. The zero-order valence-electron chi connectivity index (χ0n) is 21.9. The zero-order valence-corrected chi connectivity index (χ0v) is 22.8. The summed E-state index contributed by atoms with van der Waals surface area (Å²) in [6, 6.07) is 6.44. The molecule has 1 atom stereocenters. The summed E-state index contributed by atoms with van der Waals surface area (Å²) >= 11 is -1.48. The molecule has 4 heterocycles. The van der Waals surface area contributed by atoms with E-state index in [1.165, 1.54) is 34.7 Å². The van der Waals surface area contributed by atoms with Gasteiger partial charge in [0.05, 0.1) is 45.0 Å². The van der Waals surface area contributed by atoms with Crippen molar-refractivity contribution < 1.29 is 18.1 Å². The predicted octanol–water partition coefficient (Wildman–Crippen LogP) is 2.45. The van der Waals surface area contributed by atoms with Gasteiger partial charge >= 0.3 is 0 Å². The van der Waals surface area contributed by atoms with Crippen LogP contribution in [0.15, 0.2) is 60.2 Å². The van der Waals surface area contributed by atoms with Gasteiger partial charge < -0.3 is 14.0 Å². The van der Waals surface area contributed by atoms with Gasteiger partial charge in [-0.05, 0) is 12.1 Å². The van der Waals surface area contributed by atoms with E-state index in [9.17, 15) is 4.21 Å². The highest BCUT2D eigenvalue weighted by Crippen LogP contribution is 2.32. The standard InChI is InChI=1S/C25H26FN9O3S/c1-32(2)39(36)35-14-16(10-29-35)13-34-23(30-20-8-18(37-4)9-22(38-5)24(20)26)7-6-19-25(34)31-21(12-27-19)17-11-28-33(3)15-17/h6-12,14-15H,13H2,1-5H3. The van der Waals surface area contributed by atoms with Crippen LogP contribution in [0.3, 0.4) is 0 Å². The van der Waals surface area contributed by atoms with E-state index in [0.29, 0.717) is 28.1 Å². The summed E-state index contributed by atoms with van der Waals surface area (Å²) in [6.45, 7) is 0.245. The first-order valence-corrected chi connectivity index (χ1v) is 12.8. The Morgan fingerprint density at radius 1 is 1.08 bits per heavy atom. The second kappa shape index (κ2) is 10.7. The minimum Gasteiger partial charge on any atom is -0.497 e. The first-order valence-electron chi connectivity index (χ1n) is 11.7. The SMILES string of the molecule is COc1cc(N=c2ccc3ncc(-c4cnn(C)c4)nc3n2Cc2cnn(S(=O)N(C)C)c2)c(F)c(OC)c1. The molecule has 202 valence electrons. The van der Waals surface area contributed by atoms with Crippen molar-refractivity contribution in [2.75, 3.05) is 28.3 Å². The lowest BCUT2D eigenvalue weighted by atomic mass is 10.2. The van der Waals surface area contributed by atoms with Crippen LogP contribution in [-0.2, 0) is 24.8 Å². The van der Waals surface area contributed by atoms with Gasteiger partial charge in [-0.2, -0.15) is 14.3 Å². The van der Waals surface area contributed by atoms with Gasteiger partial charge in [-0.15, -0.1) is 0 Å². The highest BCUT2D eigenvalue weighted by molar-refractivity contribution is 7.80. The third-order valence-electron chi connectivity index (χ3n) is 5.82. The Morgan fingerprint density at radius 2 is 1.90 bits per heavy atom. The summed E-state index contributed by atoms with van der Waals surface area (Å²) in [7, 11) is 8.07. The minimum absolute atomic E-state index is 0.00605. The van der Waals surface area contributed by atoms with Crippen molar-refractivity contribution in [1.29, 1.82) is 0 Å². The molecule has 4 aromatic heterocycles. The summed E-state index contributed by atoms with van der Waals surface area (Å²) in [4.78, 5) is 14.1. The topological polar surface area (TPSA) is 117 Å². The zero-order chi connectivity index (χ0) is 27.7. The fraction of sp³-hybridized carbons (Fsp3) is 0.240. The molecule has 0 bridgehead atoms. The molecule has 0 fully saturated rings. The van der Waals surface area contributed by atoms with Gasteiger partial charge in [0.1, 0.15) is 22.4 Å². The summed E-state index contributed by atoms with van der Waals surface area (Å²) in [5.74, 6) is -0.230. The number of nitrogens with zero attached hydrogens (tertiary/aromatic N) is 9. The molecule has 1 aromatic carbocycles. The van der Waals surface area contributed by atoms with Gasteiger partial charge in [-0.25, -0.2) is 22.9 Å². The highest BCUT2D eigenvalue weighted by Gasteiger charge is 2.15. The van der Waals surface area contributed by atoms with Gasteiger partial charge in [0.2, 0.25) is 11.2 Å². The molecule has 5 rings (SSSR count). The maximum atomic E-state index is 15.2. The number of benzene rings is 1. The quantitative estimate of drug-likeness (QED) is 0.291. The Hall–Kier alpha value is -4.43. The van der Waals surface area contributed by atoms with Crippen LogP contribution in [0.5, 0.6) is 11.5 Å². The molecule has 14 heteroatoms. The molecule has 0 N–H and O–H groups in total. The van der Waals surface area contributed by atoms with E-state index < -0.39 is 17.0 Å². The molecule has 0 spiro atoms. The van der Waals surface area contributed by atoms with E-state index in [0.717, 1.165) is 11.1 Å². The van der Waals surface area contributed by atoms with E-state index in [4.69, 9.17) is 14.5 Å². The third kappa shape index (κ3) is 5.28. The van der Waals surface area contributed by atoms with Crippen molar-refractivity contribution in [1.82, 2.24) is 37.8 Å². The number of aromatic nitrogens is 7. The third-order valence-corrected chi connectivity index (χ3v) is 6.96. The lowest BCUT2D eigenvalue weighted by molar-refractivity contribution is 0.374. The van der Waals surface area contributed by atoms with Gasteiger partial charge in [0.15, 0.2) is 17.2 Å². The van der Waals surface area contributed by atoms with E-state index in [1.54, 1.807) is 60.3 Å². The molecular formula is C25H26FN9O3S. The van der Waals surface area contributed by atoms with E-state index in [-0.39, 0.29) is 18.0 Å². The number of halogens is 1. The number of methoxy groups -OCH3 is 2. The Labute approximate surface area is 225 Å². The van der Waals surface area contributed by atoms with Gasteiger partial charge in [0.25, 0.3) is 0 Å². The molecule has 0 saturated carbocycles. The van der Waals surface area contributed by atoms with Crippen molar-refractivity contribution in [3.05, 3.63) is 72.1 Å². The van der Waals surface area contributed by atoms with Crippen LogP contribution in [-0.4, -0.2) is 70.3 Å². The number of hydrogen-bond donors (Lipinski definition) is 0. The lowest BCUT2D eigenvalue weighted by Gasteiger charge is -2.12. The average molecular weight is 552 g/mol. The first-order chi connectivity index (χ1) is 18.8. The fourth-order valence-corrected chi connectivity index (χ4v) is 4.58. The number of aryl methyl sites for hydroxylation is 1. The number of ether oxygens (including phenoxy) is 2. The average Bonchev–Trinajstić information content (AvgIpc) is 3.59. The number of fused-ring (bicyclic) bond motifs is 1. The summed E-state index contributed by atoms with van der Waals surface area (Å²) in [6.07, 6.45) is 8.51. The number of hydrogen-bond acceptors (Lipinski definition) is 8. The van der Waals surface area contributed by atoms with E-state index in [1.807, 2.05) is 13.2 Å². The Bertz CT molecular complexity index is 1760. The summed E-state index contributed by atoms with van der Waals surface area (Å²) in [5.41, 5.74) is 3.68. The molecule has 1 unspecified atom stereocenters. The largest absolute Gasteiger partial charge is 0.497 e. The van der Waals surface area contributed by atoms with Crippen LogP contribution in [0.4, 0.5) is 10.1 Å². The molecule has 0 aliphatic heterocycles. The molecular weight excluding hydrogens is 525 g/mol. The van der Waals surface area contributed by atoms with Crippen molar-refractivity contribution in [3.63, 3.8) is 0 Å². The molecule has 39 heavy (non-hydrogen) atoms. The molecule has 0 amide bonds. The Balaban J connectivity index is 1.73. The lowest BCUT2D eigenvalue weighted by Crippen LogP contribution is -2.23. The van der Waals surface area contributed by atoms with Crippen LogP contribution in [0.25, 0.3) is 22.4 Å². The molecule has 0 aliphatic carbocycles. The highest BCUT2D eigenvalue weighted by atomic mass is 32.2. The van der Waals surface area contributed by atoms with Crippen molar-refractivity contribution in [3.8, 4) is 22.8 Å². The van der Waals surface area contributed by atoms with Gasteiger partial charge in [0, 0.05) is 56.8 Å². The number of rotatable bonds is 8. The Morgan fingerprint density at radius 3 is 2.59 bits per heavy atom. The van der Waals surface area contributed by atoms with Crippen molar-refractivity contribution in [2.24, 2.45) is 12.0 Å². The van der Waals surface area contributed by atoms with E-state index in [2.05, 4.69) is 20.2 Å². The van der Waals surface area contributed by atoms with Crippen molar-refractivity contribution in [2.45, 2.75) is 6.54 Å². The van der Waals surface area contributed by atoms with Gasteiger partial charge in [-0.1, -0.05) is 0 Å². The van der Waals surface area contributed by atoms with Crippen LogP contribution >= 0.6 is 0 Å². The second-order valence-electron chi connectivity index (χ2n) is 8.71. The van der Waals surface area contributed by atoms with E-state index >= 15 is 4.39 Å².